The zero-order chi connectivity index (χ0) is 15.0. The Morgan fingerprint density at radius 3 is 2.24 bits per heavy atom. The summed E-state index contributed by atoms with van der Waals surface area (Å²) in [5.41, 5.74) is 8.61. The summed E-state index contributed by atoms with van der Waals surface area (Å²) in [5, 5.41) is 2.86. The van der Waals surface area contributed by atoms with Gasteiger partial charge in [-0.15, -0.1) is 0 Å². The first kappa shape index (κ1) is 15.0. The van der Waals surface area contributed by atoms with Gasteiger partial charge in [0, 0.05) is 19.4 Å². The van der Waals surface area contributed by atoms with Gasteiger partial charge < -0.3 is 5.73 Å². The second kappa shape index (κ2) is 6.09. The number of halogens is 3. The van der Waals surface area contributed by atoms with Gasteiger partial charge in [-0.1, -0.05) is 79.9 Å². The summed E-state index contributed by atoms with van der Waals surface area (Å²) in [6, 6.07) is 17.8. The van der Waals surface area contributed by atoms with Crippen molar-refractivity contribution in [3.63, 3.8) is 0 Å². The molecule has 0 aliphatic heterocycles. The molecule has 0 heterocycles. The van der Waals surface area contributed by atoms with Crippen molar-refractivity contribution in [3.05, 3.63) is 79.7 Å². The predicted molar refractivity (Wildman–Crippen MR) is 96.8 cm³/mol. The van der Waals surface area contributed by atoms with Gasteiger partial charge in [-0.2, -0.15) is 0 Å². The molecule has 4 heteroatoms. The van der Waals surface area contributed by atoms with Crippen LogP contribution in [0.1, 0.15) is 17.2 Å². The molecule has 3 rings (SSSR count). The molecule has 0 amide bonds. The minimum atomic E-state index is -0.213. The zero-order valence-corrected chi connectivity index (χ0v) is 14.9. The molecule has 2 N–H and O–H groups in total. The molecule has 0 bridgehead atoms. The highest BCUT2D eigenvalue weighted by Crippen LogP contribution is 2.34. The standard InChI is InChI=1S/C17H12Br2ClN/c18-10-5-6-14(15(19)9-10)17(21)13-7-8-16(20)12-4-2-1-3-11(12)13/h1-9,17H,21H2. The number of rotatable bonds is 2. The van der Waals surface area contributed by atoms with Crippen molar-refractivity contribution < 1.29 is 0 Å². The maximum Gasteiger partial charge on any atom is 0.0568 e. The second-order valence-electron chi connectivity index (χ2n) is 4.83. The second-order valence-corrected chi connectivity index (χ2v) is 7.00. The normalized spacial score (nSPS) is 12.6. The van der Waals surface area contributed by atoms with Gasteiger partial charge in [0.1, 0.15) is 0 Å². The molecule has 0 saturated heterocycles. The van der Waals surface area contributed by atoms with Crippen LogP contribution in [0.5, 0.6) is 0 Å². The van der Waals surface area contributed by atoms with Gasteiger partial charge in [-0.25, -0.2) is 0 Å². The van der Waals surface area contributed by atoms with E-state index in [-0.39, 0.29) is 6.04 Å². The average molecular weight is 426 g/mol. The topological polar surface area (TPSA) is 26.0 Å². The Hall–Kier alpha value is -0.870. The number of hydrogen-bond acceptors (Lipinski definition) is 1. The van der Waals surface area contributed by atoms with Gasteiger partial charge in [0.2, 0.25) is 0 Å². The summed E-state index contributed by atoms with van der Waals surface area (Å²) in [5.74, 6) is 0. The van der Waals surface area contributed by atoms with E-state index in [4.69, 9.17) is 17.3 Å². The van der Waals surface area contributed by atoms with Gasteiger partial charge in [-0.3, -0.25) is 0 Å². The molecular formula is C17H12Br2ClN. The zero-order valence-electron chi connectivity index (χ0n) is 11.0. The Labute approximate surface area is 145 Å². The molecule has 106 valence electrons. The molecule has 21 heavy (non-hydrogen) atoms. The lowest BCUT2D eigenvalue weighted by atomic mass is 9.94. The fourth-order valence-electron chi connectivity index (χ4n) is 2.48. The highest BCUT2D eigenvalue weighted by Gasteiger charge is 2.16. The summed E-state index contributed by atoms with van der Waals surface area (Å²) in [6.07, 6.45) is 0. The average Bonchev–Trinajstić information content (AvgIpc) is 2.47. The third-order valence-electron chi connectivity index (χ3n) is 3.54. The van der Waals surface area contributed by atoms with Crippen LogP contribution in [0.2, 0.25) is 5.02 Å². The lowest BCUT2D eigenvalue weighted by Crippen LogP contribution is -2.13. The first-order valence-electron chi connectivity index (χ1n) is 6.45. The number of hydrogen-bond donors (Lipinski definition) is 1. The smallest absolute Gasteiger partial charge is 0.0568 e. The van der Waals surface area contributed by atoms with Crippen molar-refractivity contribution >= 4 is 54.2 Å². The van der Waals surface area contributed by atoms with Crippen LogP contribution in [-0.2, 0) is 0 Å². The summed E-state index contributed by atoms with van der Waals surface area (Å²) in [4.78, 5) is 0. The fourth-order valence-corrected chi connectivity index (χ4v) is 4.00. The van der Waals surface area contributed by atoms with E-state index in [1.54, 1.807) is 0 Å². The highest BCUT2D eigenvalue weighted by atomic mass is 79.9. The van der Waals surface area contributed by atoms with E-state index in [9.17, 15) is 0 Å². The quantitative estimate of drug-likeness (QED) is 0.530. The Morgan fingerprint density at radius 2 is 1.52 bits per heavy atom. The number of fused-ring (bicyclic) bond motifs is 1. The molecule has 0 saturated carbocycles. The molecule has 0 spiro atoms. The van der Waals surface area contributed by atoms with Crippen LogP contribution in [0.25, 0.3) is 10.8 Å². The molecule has 1 nitrogen and oxygen atoms in total. The lowest BCUT2D eigenvalue weighted by Gasteiger charge is -2.17. The minimum Gasteiger partial charge on any atom is -0.320 e. The summed E-state index contributed by atoms with van der Waals surface area (Å²) < 4.78 is 2.01. The maximum absolute atomic E-state index is 6.49. The Balaban J connectivity index is 2.18. The van der Waals surface area contributed by atoms with Crippen molar-refractivity contribution in [1.82, 2.24) is 0 Å². The highest BCUT2D eigenvalue weighted by molar-refractivity contribution is 9.11. The molecule has 3 aromatic carbocycles. The molecule has 0 radical (unpaired) electrons. The Bertz CT molecular complexity index is 817. The van der Waals surface area contributed by atoms with Crippen LogP contribution < -0.4 is 5.73 Å². The van der Waals surface area contributed by atoms with Crippen molar-refractivity contribution in [3.8, 4) is 0 Å². The van der Waals surface area contributed by atoms with E-state index >= 15 is 0 Å². The fraction of sp³-hybridized carbons (Fsp3) is 0.0588. The maximum atomic E-state index is 6.49. The van der Waals surface area contributed by atoms with E-state index in [0.717, 1.165) is 35.9 Å². The molecule has 3 aromatic rings. The molecule has 1 atom stereocenters. The third kappa shape index (κ3) is 2.88. The monoisotopic (exact) mass is 423 g/mol. The van der Waals surface area contributed by atoms with E-state index < -0.39 is 0 Å². The largest absolute Gasteiger partial charge is 0.320 e. The summed E-state index contributed by atoms with van der Waals surface area (Å²) >= 11 is 13.3. The van der Waals surface area contributed by atoms with Crippen molar-refractivity contribution in [2.75, 3.05) is 0 Å². The van der Waals surface area contributed by atoms with Crippen LogP contribution in [0.4, 0.5) is 0 Å². The summed E-state index contributed by atoms with van der Waals surface area (Å²) in [6.45, 7) is 0. The van der Waals surface area contributed by atoms with Gasteiger partial charge in [0.15, 0.2) is 0 Å². The first-order valence-corrected chi connectivity index (χ1v) is 8.42. The van der Waals surface area contributed by atoms with Gasteiger partial charge >= 0.3 is 0 Å². The van der Waals surface area contributed by atoms with Crippen LogP contribution in [0.3, 0.4) is 0 Å². The van der Waals surface area contributed by atoms with E-state index in [2.05, 4.69) is 37.9 Å². The van der Waals surface area contributed by atoms with E-state index in [0.29, 0.717) is 0 Å². The van der Waals surface area contributed by atoms with E-state index in [1.165, 1.54) is 0 Å². The molecule has 0 aliphatic rings. The molecule has 0 fully saturated rings. The lowest BCUT2D eigenvalue weighted by molar-refractivity contribution is 0.874. The van der Waals surface area contributed by atoms with Crippen molar-refractivity contribution in [1.29, 1.82) is 0 Å². The van der Waals surface area contributed by atoms with Gasteiger partial charge in [0.25, 0.3) is 0 Å². The molecule has 0 aromatic heterocycles. The third-order valence-corrected chi connectivity index (χ3v) is 5.05. The Kier molecular flexibility index (Phi) is 4.36. The minimum absolute atomic E-state index is 0.213. The summed E-state index contributed by atoms with van der Waals surface area (Å²) in [7, 11) is 0. The SMILES string of the molecule is NC(c1ccc(Br)cc1Br)c1ccc(Cl)c2ccccc12. The van der Waals surface area contributed by atoms with Crippen LogP contribution >= 0.6 is 43.5 Å². The van der Waals surface area contributed by atoms with E-state index in [1.807, 2.05) is 48.5 Å². The van der Waals surface area contributed by atoms with Gasteiger partial charge in [-0.05, 0) is 34.7 Å². The van der Waals surface area contributed by atoms with Crippen LogP contribution in [0, 0.1) is 0 Å². The predicted octanol–water partition coefficient (Wildman–Crippen LogP) is 6.07. The van der Waals surface area contributed by atoms with Crippen LogP contribution in [0.15, 0.2) is 63.5 Å². The van der Waals surface area contributed by atoms with Crippen molar-refractivity contribution in [2.24, 2.45) is 5.73 Å². The molecule has 0 aliphatic carbocycles. The van der Waals surface area contributed by atoms with Crippen LogP contribution in [-0.4, -0.2) is 0 Å². The molecular weight excluding hydrogens is 413 g/mol. The number of benzene rings is 3. The van der Waals surface area contributed by atoms with Crippen molar-refractivity contribution in [2.45, 2.75) is 6.04 Å². The first-order chi connectivity index (χ1) is 10.1. The van der Waals surface area contributed by atoms with Gasteiger partial charge in [0.05, 0.1) is 6.04 Å². The Morgan fingerprint density at radius 1 is 0.857 bits per heavy atom. The number of nitrogens with two attached hydrogens (primary N) is 1. The molecule has 1 unspecified atom stereocenters.